The van der Waals surface area contributed by atoms with Crippen LogP contribution in [0, 0.1) is 11.3 Å². The van der Waals surface area contributed by atoms with Gasteiger partial charge < -0.3 is 26.0 Å². The molecule has 2 unspecified atom stereocenters. The molecule has 5 N–H and O–H groups in total. The van der Waals surface area contributed by atoms with Crippen molar-refractivity contribution in [1.82, 2.24) is 15.5 Å². The lowest BCUT2D eigenvalue weighted by molar-refractivity contribution is -0.164. The number of nitrogens with one attached hydrogen (secondary N) is 2. The summed E-state index contributed by atoms with van der Waals surface area (Å²) in [5.74, 6) is -5.04. The van der Waals surface area contributed by atoms with Gasteiger partial charge in [0.05, 0.1) is 0 Å². The zero-order valence-electron chi connectivity index (χ0n) is 28.4. The van der Waals surface area contributed by atoms with Gasteiger partial charge >= 0.3 is 17.9 Å². The van der Waals surface area contributed by atoms with Crippen LogP contribution in [0.15, 0.2) is 0 Å². The second-order valence-corrected chi connectivity index (χ2v) is 13.1. The largest absolute Gasteiger partial charge is 0.480 e. The van der Waals surface area contributed by atoms with Crippen molar-refractivity contribution in [3.05, 3.63) is 0 Å². The van der Waals surface area contributed by atoms with Crippen molar-refractivity contribution in [1.29, 1.82) is 0 Å². The summed E-state index contributed by atoms with van der Waals surface area (Å²) in [6.07, 6.45) is 15.3. The summed E-state index contributed by atoms with van der Waals surface area (Å²) in [6, 6.07) is -1.20. The van der Waals surface area contributed by atoms with Crippen molar-refractivity contribution >= 4 is 41.5 Å². The van der Waals surface area contributed by atoms with Crippen LogP contribution in [0.2, 0.25) is 0 Å². The molecule has 0 aromatic carbocycles. The third kappa shape index (κ3) is 16.7. The average Bonchev–Trinajstić information content (AvgIpc) is 3.25. The van der Waals surface area contributed by atoms with Crippen molar-refractivity contribution in [3.63, 3.8) is 0 Å². The zero-order valence-corrected chi connectivity index (χ0v) is 28.4. The number of likely N-dealkylation sites (tertiary alicyclic amines) is 1. The van der Waals surface area contributed by atoms with Gasteiger partial charge in [-0.3, -0.25) is 33.7 Å². The molecule has 13 heteroatoms. The van der Waals surface area contributed by atoms with E-state index in [0.29, 0.717) is 38.6 Å². The standard InChI is InChI=1S/C34H57N3O10/c1-25-23-29(40)37(30(25)41)22-18-14-16-19-27(38)35-24-26(31(42)43)36-28(39)20-15-12-10-8-6-4-3-5-7-9-11-13-17-21-34(2,32(44)45)33(46)47/h25-26H,3-24H2,1-2H3,(H,35,38)(H,36,39)(H,42,43)(H,44,45)(H,46,47). The Hall–Kier alpha value is -3.51. The molecule has 2 atom stereocenters. The maximum absolute atomic E-state index is 12.3. The minimum Gasteiger partial charge on any atom is -0.480 e. The third-order valence-corrected chi connectivity index (χ3v) is 8.92. The Kier molecular flexibility index (Phi) is 20.2. The molecule has 0 saturated carbocycles. The molecule has 0 spiro atoms. The van der Waals surface area contributed by atoms with E-state index in [4.69, 9.17) is 10.2 Å². The van der Waals surface area contributed by atoms with Gasteiger partial charge in [0.1, 0.15) is 6.04 Å². The quantitative estimate of drug-likeness (QED) is 0.0443. The topological polar surface area (TPSA) is 207 Å². The van der Waals surface area contributed by atoms with Crippen LogP contribution in [0.3, 0.4) is 0 Å². The number of nitrogens with zero attached hydrogens (tertiary/aromatic N) is 1. The van der Waals surface area contributed by atoms with Crippen molar-refractivity contribution in [2.45, 2.75) is 148 Å². The van der Waals surface area contributed by atoms with E-state index in [1.165, 1.54) is 11.8 Å². The van der Waals surface area contributed by atoms with E-state index in [9.17, 15) is 38.7 Å². The molecule has 0 aliphatic carbocycles. The van der Waals surface area contributed by atoms with Crippen LogP contribution >= 0.6 is 0 Å². The summed E-state index contributed by atoms with van der Waals surface area (Å²) in [7, 11) is 0. The predicted octanol–water partition coefficient (Wildman–Crippen LogP) is 4.65. The second kappa shape index (κ2) is 22.9. The Bertz CT molecular complexity index is 1030. The molecule has 1 heterocycles. The molecule has 1 fully saturated rings. The molecule has 4 amide bonds. The molecule has 13 nitrogen and oxygen atoms in total. The number of hydrogen-bond donors (Lipinski definition) is 5. The number of carboxylic acids is 3. The van der Waals surface area contributed by atoms with Gasteiger partial charge in [0.2, 0.25) is 23.6 Å². The zero-order chi connectivity index (χ0) is 35.2. The van der Waals surface area contributed by atoms with Crippen molar-refractivity contribution in [2.75, 3.05) is 13.1 Å². The van der Waals surface area contributed by atoms with Crippen LogP contribution in [0.5, 0.6) is 0 Å². The molecule has 0 radical (unpaired) electrons. The van der Waals surface area contributed by atoms with E-state index in [1.54, 1.807) is 6.92 Å². The highest BCUT2D eigenvalue weighted by Crippen LogP contribution is 2.26. The van der Waals surface area contributed by atoms with E-state index in [-0.39, 0.29) is 61.8 Å². The van der Waals surface area contributed by atoms with Crippen LogP contribution in [0.1, 0.15) is 142 Å². The number of rotatable bonds is 28. The molecule has 47 heavy (non-hydrogen) atoms. The lowest BCUT2D eigenvalue weighted by Crippen LogP contribution is -2.48. The number of aliphatic carboxylic acids is 3. The van der Waals surface area contributed by atoms with E-state index < -0.39 is 29.4 Å². The summed E-state index contributed by atoms with van der Waals surface area (Å²) < 4.78 is 0. The van der Waals surface area contributed by atoms with Gasteiger partial charge in [-0.25, -0.2) is 4.79 Å². The minimum atomic E-state index is -1.71. The maximum atomic E-state index is 12.3. The number of hydrogen-bond acceptors (Lipinski definition) is 7. The summed E-state index contributed by atoms with van der Waals surface area (Å²) in [4.78, 5) is 83.3. The fraction of sp³-hybridized carbons (Fsp3) is 0.794. The second-order valence-electron chi connectivity index (χ2n) is 13.1. The lowest BCUT2D eigenvalue weighted by atomic mass is 9.85. The Morgan fingerprint density at radius 2 is 1.17 bits per heavy atom. The summed E-state index contributed by atoms with van der Waals surface area (Å²) in [5.41, 5.74) is -1.71. The van der Waals surface area contributed by atoms with Gasteiger partial charge in [0.25, 0.3) is 0 Å². The van der Waals surface area contributed by atoms with E-state index in [1.807, 2.05) is 0 Å². The monoisotopic (exact) mass is 667 g/mol. The Labute approximate surface area is 278 Å². The number of unbranched alkanes of at least 4 members (excludes halogenated alkanes) is 14. The fourth-order valence-electron chi connectivity index (χ4n) is 5.60. The first-order chi connectivity index (χ1) is 22.3. The van der Waals surface area contributed by atoms with Gasteiger partial charge in [-0.05, 0) is 32.6 Å². The van der Waals surface area contributed by atoms with Crippen LogP contribution in [0.4, 0.5) is 0 Å². The molecule has 268 valence electrons. The first kappa shape index (κ1) is 41.5. The highest BCUT2D eigenvalue weighted by molar-refractivity contribution is 6.03. The lowest BCUT2D eigenvalue weighted by Gasteiger charge is -2.19. The third-order valence-electron chi connectivity index (χ3n) is 8.92. The number of amides is 4. The molecule has 1 aliphatic heterocycles. The summed E-state index contributed by atoms with van der Waals surface area (Å²) in [6.45, 7) is 3.14. The molecular weight excluding hydrogens is 610 g/mol. The minimum absolute atomic E-state index is 0.143. The van der Waals surface area contributed by atoms with Gasteiger partial charge in [-0.1, -0.05) is 90.4 Å². The molecule has 1 aliphatic rings. The average molecular weight is 668 g/mol. The fourth-order valence-corrected chi connectivity index (χ4v) is 5.60. The Morgan fingerprint density at radius 3 is 1.62 bits per heavy atom. The van der Waals surface area contributed by atoms with Gasteiger partial charge in [0, 0.05) is 38.3 Å². The number of carbonyl (C=O) groups excluding carboxylic acids is 4. The summed E-state index contributed by atoms with van der Waals surface area (Å²) in [5, 5.41) is 32.7. The van der Waals surface area contributed by atoms with Crippen molar-refractivity contribution in [2.24, 2.45) is 11.3 Å². The number of carboxylic acid groups (broad SMARTS) is 3. The van der Waals surface area contributed by atoms with Crippen LogP contribution < -0.4 is 10.6 Å². The Balaban J connectivity index is 2.01. The van der Waals surface area contributed by atoms with E-state index in [0.717, 1.165) is 70.6 Å². The first-order valence-electron chi connectivity index (χ1n) is 17.4. The number of imide groups is 1. The van der Waals surface area contributed by atoms with Gasteiger partial charge in [-0.15, -0.1) is 0 Å². The van der Waals surface area contributed by atoms with Crippen LogP contribution in [0.25, 0.3) is 0 Å². The molecule has 0 aromatic heterocycles. The molecule has 1 rings (SSSR count). The molecule has 0 bridgehead atoms. The smallest absolute Gasteiger partial charge is 0.328 e. The van der Waals surface area contributed by atoms with Gasteiger partial charge in [-0.2, -0.15) is 0 Å². The van der Waals surface area contributed by atoms with E-state index >= 15 is 0 Å². The normalized spacial score (nSPS) is 15.4. The molecule has 1 saturated heterocycles. The van der Waals surface area contributed by atoms with E-state index in [2.05, 4.69) is 10.6 Å². The highest BCUT2D eigenvalue weighted by Gasteiger charge is 2.40. The predicted molar refractivity (Wildman–Crippen MR) is 174 cm³/mol. The Morgan fingerprint density at radius 1 is 0.723 bits per heavy atom. The SMILES string of the molecule is CC1CC(=O)N(CCCCCC(=O)NCC(NC(=O)CCCCCCCCCCCCCCCC(C)(C(=O)O)C(=O)O)C(=O)O)C1=O. The highest BCUT2D eigenvalue weighted by atomic mass is 16.4. The van der Waals surface area contributed by atoms with Crippen LogP contribution in [-0.2, 0) is 33.6 Å². The number of carbonyl (C=O) groups is 7. The van der Waals surface area contributed by atoms with Gasteiger partial charge in [0.15, 0.2) is 5.41 Å². The van der Waals surface area contributed by atoms with Crippen molar-refractivity contribution in [3.8, 4) is 0 Å². The summed E-state index contributed by atoms with van der Waals surface area (Å²) >= 11 is 0. The first-order valence-corrected chi connectivity index (χ1v) is 17.4. The van der Waals surface area contributed by atoms with Crippen molar-refractivity contribution < 1.29 is 48.9 Å². The molecular formula is C34H57N3O10. The maximum Gasteiger partial charge on any atom is 0.328 e. The molecule has 0 aromatic rings. The van der Waals surface area contributed by atoms with Crippen LogP contribution in [-0.4, -0.2) is 80.9 Å².